The lowest BCUT2D eigenvalue weighted by atomic mass is 10.0. The number of furan rings is 1. The van der Waals surface area contributed by atoms with Crippen LogP contribution in [-0.2, 0) is 0 Å². The third-order valence-corrected chi connectivity index (χ3v) is 7.02. The molecule has 0 bridgehead atoms. The van der Waals surface area contributed by atoms with Gasteiger partial charge in [-0.05, 0) is 94.2 Å². The standard InChI is InChI=1S/C27H23BrFN3OS/c1-16(2)17-6-9-19(10-7-17)32-26(25(31-27(32)34)22-5-3-4-14-30-22)24-13-12-23(33-24)20-11-8-18(29)15-21(20)28/h3-16,25-26H,1-2H3,(H,31,34)/t25-,26+/m1/s1. The highest BCUT2D eigenvalue weighted by Crippen LogP contribution is 2.43. The highest BCUT2D eigenvalue weighted by Gasteiger charge is 2.42. The van der Waals surface area contributed by atoms with Gasteiger partial charge in [-0.1, -0.05) is 32.0 Å². The lowest BCUT2D eigenvalue weighted by molar-refractivity contribution is 0.439. The molecule has 3 heterocycles. The van der Waals surface area contributed by atoms with Crippen molar-refractivity contribution in [1.82, 2.24) is 10.3 Å². The van der Waals surface area contributed by atoms with Crippen molar-refractivity contribution in [2.75, 3.05) is 4.90 Å². The molecule has 4 aromatic rings. The van der Waals surface area contributed by atoms with Crippen LogP contribution in [0.4, 0.5) is 10.1 Å². The Morgan fingerprint density at radius 2 is 1.85 bits per heavy atom. The number of pyridine rings is 1. The molecular formula is C27H23BrFN3OS. The summed E-state index contributed by atoms with van der Waals surface area (Å²) in [6, 6.07) is 22.3. The Kier molecular flexibility index (Phi) is 6.23. The van der Waals surface area contributed by atoms with Crippen molar-refractivity contribution in [3.8, 4) is 11.3 Å². The third-order valence-electron chi connectivity index (χ3n) is 6.05. The summed E-state index contributed by atoms with van der Waals surface area (Å²) < 4.78 is 20.6. The molecule has 0 amide bonds. The molecule has 2 aromatic carbocycles. The Morgan fingerprint density at radius 3 is 2.53 bits per heavy atom. The van der Waals surface area contributed by atoms with Gasteiger partial charge in [0.25, 0.3) is 0 Å². The zero-order valence-electron chi connectivity index (χ0n) is 18.7. The summed E-state index contributed by atoms with van der Waals surface area (Å²) in [6.45, 7) is 4.35. The number of anilines is 1. The summed E-state index contributed by atoms with van der Waals surface area (Å²) in [5.41, 5.74) is 3.90. The fraction of sp³-hybridized carbons (Fsp3) is 0.185. The second-order valence-electron chi connectivity index (χ2n) is 8.57. The number of aromatic nitrogens is 1. The predicted octanol–water partition coefficient (Wildman–Crippen LogP) is 7.54. The van der Waals surface area contributed by atoms with E-state index in [-0.39, 0.29) is 17.9 Å². The van der Waals surface area contributed by atoms with Crippen molar-refractivity contribution in [3.63, 3.8) is 0 Å². The van der Waals surface area contributed by atoms with E-state index in [2.05, 4.69) is 69.2 Å². The van der Waals surface area contributed by atoms with Gasteiger partial charge < -0.3 is 14.6 Å². The normalized spacial score (nSPS) is 17.9. The summed E-state index contributed by atoms with van der Waals surface area (Å²) in [6.07, 6.45) is 1.78. The van der Waals surface area contributed by atoms with E-state index in [0.29, 0.717) is 21.3 Å². The van der Waals surface area contributed by atoms with Crippen molar-refractivity contribution in [1.29, 1.82) is 0 Å². The fourth-order valence-electron chi connectivity index (χ4n) is 4.29. The lowest BCUT2D eigenvalue weighted by Gasteiger charge is -2.26. The molecule has 0 saturated carbocycles. The summed E-state index contributed by atoms with van der Waals surface area (Å²) in [7, 11) is 0. The molecular weight excluding hydrogens is 513 g/mol. The largest absolute Gasteiger partial charge is 0.459 e. The van der Waals surface area contributed by atoms with Crippen LogP contribution in [-0.4, -0.2) is 10.1 Å². The summed E-state index contributed by atoms with van der Waals surface area (Å²) in [5, 5.41) is 4.06. The van der Waals surface area contributed by atoms with Crippen LogP contribution in [0.5, 0.6) is 0 Å². The van der Waals surface area contributed by atoms with Gasteiger partial charge in [-0.3, -0.25) is 4.98 Å². The molecule has 1 N–H and O–H groups in total. The molecule has 2 atom stereocenters. The van der Waals surface area contributed by atoms with Crippen LogP contribution in [0.15, 0.2) is 87.9 Å². The van der Waals surface area contributed by atoms with E-state index >= 15 is 0 Å². The minimum absolute atomic E-state index is 0.200. The minimum atomic E-state index is -0.306. The van der Waals surface area contributed by atoms with Crippen molar-refractivity contribution >= 4 is 38.9 Å². The van der Waals surface area contributed by atoms with E-state index in [1.807, 2.05) is 30.3 Å². The van der Waals surface area contributed by atoms with Crippen molar-refractivity contribution in [3.05, 3.63) is 106 Å². The number of benzene rings is 2. The first kappa shape index (κ1) is 22.7. The molecule has 172 valence electrons. The van der Waals surface area contributed by atoms with E-state index in [4.69, 9.17) is 16.6 Å². The van der Waals surface area contributed by atoms with Gasteiger partial charge in [-0.25, -0.2) is 4.39 Å². The SMILES string of the molecule is CC(C)c1ccc(N2C(=S)N[C@H](c3ccccn3)[C@@H]2c2ccc(-c3ccc(F)cc3Br)o2)cc1. The van der Waals surface area contributed by atoms with Gasteiger partial charge in [-0.15, -0.1) is 0 Å². The van der Waals surface area contributed by atoms with Crippen LogP contribution in [0.25, 0.3) is 11.3 Å². The van der Waals surface area contributed by atoms with Gasteiger partial charge in [0.2, 0.25) is 0 Å². The van der Waals surface area contributed by atoms with Crippen LogP contribution in [0.1, 0.15) is 48.9 Å². The second-order valence-corrected chi connectivity index (χ2v) is 9.81. The summed E-state index contributed by atoms with van der Waals surface area (Å²) in [5.74, 6) is 1.52. The number of halogens is 2. The number of nitrogens with one attached hydrogen (secondary N) is 1. The van der Waals surface area contributed by atoms with Crippen LogP contribution in [0.3, 0.4) is 0 Å². The fourth-order valence-corrected chi connectivity index (χ4v) is 5.18. The number of hydrogen-bond acceptors (Lipinski definition) is 3. The molecule has 0 unspecified atom stereocenters. The van der Waals surface area contributed by atoms with Crippen LogP contribution < -0.4 is 10.2 Å². The van der Waals surface area contributed by atoms with Gasteiger partial charge in [0.1, 0.15) is 23.4 Å². The van der Waals surface area contributed by atoms with Crippen molar-refractivity contribution < 1.29 is 8.81 Å². The first-order chi connectivity index (χ1) is 16.4. The van der Waals surface area contributed by atoms with E-state index < -0.39 is 0 Å². The number of hydrogen-bond donors (Lipinski definition) is 1. The molecule has 5 rings (SSSR count). The number of thiocarbonyl (C=S) groups is 1. The average Bonchev–Trinajstić information content (AvgIpc) is 3.44. The lowest BCUT2D eigenvalue weighted by Crippen LogP contribution is -2.29. The van der Waals surface area contributed by atoms with Gasteiger partial charge >= 0.3 is 0 Å². The molecule has 0 spiro atoms. The van der Waals surface area contributed by atoms with Crippen molar-refractivity contribution in [2.24, 2.45) is 0 Å². The molecule has 2 aromatic heterocycles. The average molecular weight is 536 g/mol. The monoisotopic (exact) mass is 535 g/mol. The second kappa shape index (κ2) is 9.31. The maximum absolute atomic E-state index is 13.6. The molecule has 0 radical (unpaired) electrons. The Balaban J connectivity index is 1.58. The van der Waals surface area contributed by atoms with Gasteiger partial charge in [-0.2, -0.15) is 0 Å². The highest BCUT2D eigenvalue weighted by molar-refractivity contribution is 9.10. The van der Waals surface area contributed by atoms with E-state index in [0.717, 1.165) is 22.7 Å². The quantitative estimate of drug-likeness (QED) is 0.267. The molecule has 1 saturated heterocycles. The molecule has 34 heavy (non-hydrogen) atoms. The molecule has 1 fully saturated rings. The van der Waals surface area contributed by atoms with Crippen molar-refractivity contribution in [2.45, 2.75) is 31.8 Å². The maximum Gasteiger partial charge on any atom is 0.174 e. The van der Waals surface area contributed by atoms with Gasteiger partial charge in [0, 0.05) is 21.9 Å². The smallest absolute Gasteiger partial charge is 0.174 e. The van der Waals surface area contributed by atoms with Gasteiger partial charge in [0.15, 0.2) is 5.11 Å². The molecule has 1 aliphatic rings. The molecule has 0 aliphatic carbocycles. The Labute approximate surface area is 212 Å². The van der Waals surface area contributed by atoms with Crippen LogP contribution in [0.2, 0.25) is 0 Å². The summed E-state index contributed by atoms with van der Waals surface area (Å²) in [4.78, 5) is 6.67. The Bertz CT molecular complexity index is 1320. The van der Waals surface area contributed by atoms with Gasteiger partial charge in [0.05, 0.1) is 11.7 Å². The zero-order chi connectivity index (χ0) is 23.8. The van der Waals surface area contributed by atoms with E-state index in [1.165, 1.54) is 17.7 Å². The number of rotatable bonds is 5. The molecule has 1 aliphatic heterocycles. The summed E-state index contributed by atoms with van der Waals surface area (Å²) >= 11 is 9.24. The topological polar surface area (TPSA) is 41.3 Å². The minimum Gasteiger partial charge on any atom is -0.459 e. The van der Waals surface area contributed by atoms with E-state index in [9.17, 15) is 4.39 Å². The molecule has 7 heteroatoms. The first-order valence-corrected chi connectivity index (χ1v) is 12.3. The number of nitrogens with zero attached hydrogens (tertiary/aromatic N) is 2. The highest BCUT2D eigenvalue weighted by atomic mass is 79.9. The third kappa shape index (κ3) is 4.26. The predicted molar refractivity (Wildman–Crippen MR) is 140 cm³/mol. The van der Waals surface area contributed by atoms with E-state index in [1.54, 1.807) is 12.3 Å². The maximum atomic E-state index is 13.6. The first-order valence-electron chi connectivity index (χ1n) is 11.1. The van der Waals surface area contributed by atoms with Crippen LogP contribution in [0, 0.1) is 5.82 Å². The zero-order valence-corrected chi connectivity index (χ0v) is 21.1. The Hall–Kier alpha value is -3.03. The molecule has 4 nitrogen and oxygen atoms in total. The van der Waals surface area contributed by atoms with Crippen LogP contribution >= 0.6 is 28.1 Å². The Morgan fingerprint density at radius 1 is 1.06 bits per heavy atom.